The average molecular weight is 248 g/mol. The Hall–Kier alpha value is -1.39. The number of nitrogens with one attached hydrogen (secondary N) is 1. The molecular formula is C14H20N2O2. The topological polar surface area (TPSA) is 41.6 Å². The Kier molecular flexibility index (Phi) is 4.33. The smallest absolute Gasteiger partial charge is 0.252 e. The summed E-state index contributed by atoms with van der Waals surface area (Å²) in [5, 5.41) is 3.32. The summed E-state index contributed by atoms with van der Waals surface area (Å²) in [5.41, 5.74) is 2.21. The van der Waals surface area contributed by atoms with E-state index in [-0.39, 0.29) is 12.5 Å². The van der Waals surface area contributed by atoms with E-state index in [0.29, 0.717) is 6.04 Å². The van der Waals surface area contributed by atoms with Crippen LogP contribution in [-0.4, -0.2) is 33.2 Å². The number of ether oxygens (including phenoxy) is 1. The fourth-order valence-electron chi connectivity index (χ4n) is 2.52. The molecular weight excluding hydrogens is 228 g/mol. The molecule has 0 aromatic heterocycles. The first-order valence-electron chi connectivity index (χ1n) is 6.33. The predicted octanol–water partition coefficient (Wildman–Crippen LogP) is 1.72. The molecule has 18 heavy (non-hydrogen) atoms. The molecule has 1 aliphatic rings. The van der Waals surface area contributed by atoms with Crippen molar-refractivity contribution in [2.75, 3.05) is 32.2 Å². The van der Waals surface area contributed by atoms with Gasteiger partial charge in [0.15, 0.2) is 0 Å². The molecule has 1 aromatic rings. The number of anilines is 1. The van der Waals surface area contributed by atoms with Gasteiger partial charge in [0.2, 0.25) is 0 Å². The number of rotatable bonds is 3. The highest BCUT2D eigenvalue weighted by Crippen LogP contribution is 2.32. The van der Waals surface area contributed by atoms with Crippen molar-refractivity contribution in [2.45, 2.75) is 18.9 Å². The van der Waals surface area contributed by atoms with Gasteiger partial charge in [-0.1, -0.05) is 18.2 Å². The van der Waals surface area contributed by atoms with Crippen molar-refractivity contribution in [3.8, 4) is 0 Å². The second kappa shape index (κ2) is 5.98. The van der Waals surface area contributed by atoms with E-state index >= 15 is 0 Å². The molecule has 4 nitrogen and oxygen atoms in total. The Morgan fingerprint density at radius 3 is 3.00 bits per heavy atom. The van der Waals surface area contributed by atoms with Crippen molar-refractivity contribution in [1.82, 2.24) is 5.32 Å². The van der Waals surface area contributed by atoms with Gasteiger partial charge < -0.3 is 15.0 Å². The van der Waals surface area contributed by atoms with Gasteiger partial charge in [0.1, 0.15) is 6.61 Å². The molecule has 1 atom stereocenters. The molecule has 1 unspecified atom stereocenters. The summed E-state index contributed by atoms with van der Waals surface area (Å²) in [6, 6.07) is 8.42. The third-order valence-electron chi connectivity index (χ3n) is 3.39. The molecule has 0 aliphatic carbocycles. The van der Waals surface area contributed by atoms with E-state index in [1.165, 1.54) is 5.56 Å². The molecule has 1 aliphatic heterocycles. The number of fused-ring (bicyclic) bond motifs is 1. The number of hydrogen-bond donors (Lipinski definition) is 1. The van der Waals surface area contributed by atoms with Gasteiger partial charge in [-0.3, -0.25) is 4.79 Å². The van der Waals surface area contributed by atoms with Crippen LogP contribution in [0.4, 0.5) is 5.69 Å². The number of methoxy groups -OCH3 is 1. The van der Waals surface area contributed by atoms with E-state index in [1.807, 2.05) is 30.1 Å². The normalized spacial score (nSPS) is 19.2. The number of carbonyl (C=O) groups is 1. The lowest BCUT2D eigenvalue weighted by Crippen LogP contribution is -2.34. The van der Waals surface area contributed by atoms with Gasteiger partial charge in [-0.25, -0.2) is 0 Å². The quantitative estimate of drug-likeness (QED) is 0.885. The Bertz CT molecular complexity index is 420. The second-order valence-electron chi connectivity index (χ2n) is 4.52. The Morgan fingerprint density at radius 2 is 2.28 bits per heavy atom. The van der Waals surface area contributed by atoms with Gasteiger partial charge >= 0.3 is 0 Å². The zero-order chi connectivity index (χ0) is 13.0. The van der Waals surface area contributed by atoms with Crippen molar-refractivity contribution in [3.05, 3.63) is 29.8 Å². The van der Waals surface area contributed by atoms with Crippen molar-refractivity contribution in [3.63, 3.8) is 0 Å². The lowest BCUT2D eigenvalue weighted by atomic mass is 10.0. The molecule has 0 saturated carbocycles. The van der Waals surface area contributed by atoms with Gasteiger partial charge in [-0.15, -0.1) is 0 Å². The van der Waals surface area contributed by atoms with Gasteiger partial charge in [0.05, 0.1) is 0 Å². The molecule has 98 valence electrons. The minimum atomic E-state index is 0.0294. The summed E-state index contributed by atoms with van der Waals surface area (Å²) < 4.78 is 4.96. The van der Waals surface area contributed by atoms with Crippen LogP contribution in [0.15, 0.2) is 24.3 Å². The van der Waals surface area contributed by atoms with Crippen LogP contribution in [0.2, 0.25) is 0 Å². The molecule has 0 spiro atoms. The van der Waals surface area contributed by atoms with Crippen molar-refractivity contribution in [2.24, 2.45) is 0 Å². The highest BCUT2D eigenvalue weighted by Gasteiger charge is 2.24. The van der Waals surface area contributed by atoms with Crippen LogP contribution < -0.4 is 10.2 Å². The van der Waals surface area contributed by atoms with E-state index in [4.69, 9.17) is 4.74 Å². The summed E-state index contributed by atoms with van der Waals surface area (Å²) in [5.74, 6) is 0.0294. The van der Waals surface area contributed by atoms with E-state index in [2.05, 4.69) is 11.4 Å². The van der Waals surface area contributed by atoms with Crippen LogP contribution in [0.1, 0.15) is 24.4 Å². The number of nitrogens with zero attached hydrogens (tertiary/aromatic N) is 1. The van der Waals surface area contributed by atoms with Crippen molar-refractivity contribution in [1.29, 1.82) is 0 Å². The van der Waals surface area contributed by atoms with E-state index in [0.717, 1.165) is 25.1 Å². The molecule has 1 N–H and O–H groups in total. The molecule has 0 bridgehead atoms. The largest absolute Gasteiger partial charge is 0.375 e. The second-order valence-corrected chi connectivity index (χ2v) is 4.52. The van der Waals surface area contributed by atoms with Crippen LogP contribution in [0.25, 0.3) is 0 Å². The van der Waals surface area contributed by atoms with Crippen LogP contribution >= 0.6 is 0 Å². The predicted molar refractivity (Wildman–Crippen MR) is 71.7 cm³/mol. The molecule has 1 heterocycles. The molecule has 0 saturated heterocycles. The Labute approximate surface area is 108 Å². The summed E-state index contributed by atoms with van der Waals surface area (Å²) in [7, 11) is 3.52. The Balaban J connectivity index is 2.35. The first-order valence-corrected chi connectivity index (χ1v) is 6.33. The summed E-state index contributed by atoms with van der Waals surface area (Å²) >= 11 is 0. The number of carbonyl (C=O) groups excluding carboxylic acids is 1. The minimum absolute atomic E-state index is 0.0294. The first kappa shape index (κ1) is 13.1. The highest BCUT2D eigenvalue weighted by molar-refractivity contribution is 5.95. The minimum Gasteiger partial charge on any atom is -0.375 e. The standard InChI is InChI=1S/C14H20N2O2/c1-15-12-7-5-9-16(14(17)10-18-2)13-8-4-3-6-11(12)13/h3-4,6,8,12,15H,5,7,9-10H2,1-2H3. The summed E-state index contributed by atoms with van der Waals surface area (Å²) in [4.78, 5) is 13.9. The molecule has 4 heteroatoms. The molecule has 0 radical (unpaired) electrons. The monoisotopic (exact) mass is 248 g/mol. The SMILES string of the molecule is CNC1CCCN(C(=O)COC)c2ccccc21. The van der Waals surface area contributed by atoms with Crippen molar-refractivity contribution >= 4 is 11.6 Å². The lowest BCUT2D eigenvalue weighted by molar-refractivity contribution is -0.122. The van der Waals surface area contributed by atoms with Crippen LogP contribution in [0, 0.1) is 0 Å². The van der Waals surface area contributed by atoms with Crippen LogP contribution in [0.3, 0.4) is 0 Å². The van der Waals surface area contributed by atoms with E-state index < -0.39 is 0 Å². The fourth-order valence-corrected chi connectivity index (χ4v) is 2.52. The third-order valence-corrected chi connectivity index (χ3v) is 3.39. The molecule has 1 aromatic carbocycles. The van der Waals surface area contributed by atoms with Gasteiger partial charge in [0.25, 0.3) is 5.91 Å². The summed E-state index contributed by atoms with van der Waals surface area (Å²) in [6.45, 7) is 0.899. The third kappa shape index (κ3) is 2.54. The number of amides is 1. The zero-order valence-corrected chi connectivity index (χ0v) is 11.0. The maximum absolute atomic E-state index is 12.1. The zero-order valence-electron chi connectivity index (χ0n) is 11.0. The first-order chi connectivity index (χ1) is 8.77. The maximum atomic E-state index is 12.1. The van der Waals surface area contributed by atoms with E-state index in [9.17, 15) is 4.79 Å². The average Bonchev–Trinajstić information content (AvgIpc) is 2.58. The number of para-hydroxylation sites is 1. The lowest BCUT2D eigenvalue weighted by Gasteiger charge is -2.23. The van der Waals surface area contributed by atoms with E-state index in [1.54, 1.807) is 7.11 Å². The highest BCUT2D eigenvalue weighted by atomic mass is 16.5. The summed E-state index contributed by atoms with van der Waals surface area (Å²) in [6.07, 6.45) is 2.04. The van der Waals surface area contributed by atoms with Crippen LogP contribution in [-0.2, 0) is 9.53 Å². The molecule has 2 rings (SSSR count). The van der Waals surface area contributed by atoms with Crippen molar-refractivity contribution < 1.29 is 9.53 Å². The Morgan fingerprint density at radius 1 is 1.50 bits per heavy atom. The number of hydrogen-bond acceptors (Lipinski definition) is 3. The molecule has 0 fully saturated rings. The fraction of sp³-hybridized carbons (Fsp3) is 0.500. The maximum Gasteiger partial charge on any atom is 0.252 e. The van der Waals surface area contributed by atoms with Gasteiger partial charge in [-0.2, -0.15) is 0 Å². The van der Waals surface area contributed by atoms with Crippen LogP contribution in [0.5, 0.6) is 0 Å². The number of benzene rings is 1. The molecule has 1 amide bonds. The van der Waals surface area contributed by atoms with Gasteiger partial charge in [0, 0.05) is 25.4 Å². The van der Waals surface area contributed by atoms with Gasteiger partial charge in [-0.05, 0) is 31.5 Å².